The third kappa shape index (κ3) is 2.65. The first kappa shape index (κ1) is 12.5. The van der Waals surface area contributed by atoms with Gasteiger partial charge in [-0.25, -0.2) is 0 Å². The summed E-state index contributed by atoms with van der Waals surface area (Å²) in [7, 11) is 0. The SMILES string of the molecule is CCN(c1ccccc1C)C1CCC(C)(C)C1. The lowest BCUT2D eigenvalue weighted by Crippen LogP contribution is -2.34. The number of hydrogen-bond acceptors (Lipinski definition) is 1. The summed E-state index contributed by atoms with van der Waals surface area (Å²) in [6, 6.07) is 9.51. The van der Waals surface area contributed by atoms with Crippen molar-refractivity contribution in [2.75, 3.05) is 11.4 Å². The highest BCUT2D eigenvalue weighted by Gasteiger charge is 2.34. The molecule has 94 valence electrons. The van der Waals surface area contributed by atoms with Crippen LogP contribution >= 0.6 is 0 Å². The van der Waals surface area contributed by atoms with Gasteiger partial charge in [0, 0.05) is 18.3 Å². The average molecular weight is 231 g/mol. The fraction of sp³-hybridized carbons (Fsp3) is 0.625. The molecule has 1 fully saturated rings. The van der Waals surface area contributed by atoms with Gasteiger partial charge < -0.3 is 4.90 Å². The summed E-state index contributed by atoms with van der Waals surface area (Å²) in [4.78, 5) is 2.60. The van der Waals surface area contributed by atoms with E-state index in [0.717, 1.165) is 12.6 Å². The van der Waals surface area contributed by atoms with Crippen LogP contribution in [0.1, 0.15) is 45.6 Å². The molecular formula is C16H25N. The molecule has 0 radical (unpaired) electrons. The molecule has 1 aromatic carbocycles. The van der Waals surface area contributed by atoms with E-state index < -0.39 is 0 Å². The highest BCUT2D eigenvalue weighted by atomic mass is 15.2. The van der Waals surface area contributed by atoms with Crippen LogP contribution in [0.15, 0.2) is 24.3 Å². The predicted octanol–water partition coefficient (Wildman–Crippen LogP) is 4.40. The monoisotopic (exact) mass is 231 g/mol. The molecule has 0 heterocycles. The third-order valence-electron chi connectivity index (χ3n) is 4.15. The molecule has 1 aliphatic carbocycles. The number of rotatable bonds is 3. The topological polar surface area (TPSA) is 3.24 Å². The summed E-state index contributed by atoms with van der Waals surface area (Å²) in [6.45, 7) is 10.4. The van der Waals surface area contributed by atoms with Crippen molar-refractivity contribution in [3.05, 3.63) is 29.8 Å². The molecule has 2 rings (SSSR count). The largest absolute Gasteiger partial charge is 0.369 e. The molecule has 0 aromatic heterocycles. The maximum absolute atomic E-state index is 2.60. The second-order valence-electron chi connectivity index (χ2n) is 6.13. The lowest BCUT2D eigenvalue weighted by atomic mass is 9.91. The smallest absolute Gasteiger partial charge is 0.0398 e. The molecule has 1 aromatic rings. The minimum absolute atomic E-state index is 0.529. The number of benzene rings is 1. The maximum atomic E-state index is 2.60. The summed E-state index contributed by atoms with van der Waals surface area (Å²) in [5.41, 5.74) is 3.36. The van der Waals surface area contributed by atoms with Gasteiger partial charge >= 0.3 is 0 Å². The Kier molecular flexibility index (Phi) is 3.46. The van der Waals surface area contributed by atoms with Gasteiger partial charge in [-0.15, -0.1) is 0 Å². The Morgan fingerprint density at radius 3 is 2.53 bits per heavy atom. The highest BCUT2D eigenvalue weighted by molar-refractivity contribution is 5.53. The van der Waals surface area contributed by atoms with Gasteiger partial charge in [0.15, 0.2) is 0 Å². The molecule has 0 bridgehead atoms. The van der Waals surface area contributed by atoms with Crippen molar-refractivity contribution in [2.24, 2.45) is 5.41 Å². The normalized spacial score (nSPS) is 22.7. The van der Waals surface area contributed by atoms with E-state index in [1.807, 2.05) is 0 Å². The fourth-order valence-corrected chi connectivity index (χ4v) is 3.18. The van der Waals surface area contributed by atoms with Gasteiger partial charge in [-0.1, -0.05) is 32.0 Å². The van der Waals surface area contributed by atoms with Crippen molar-refractivity contribution < 1.29 is 0 Å². The standard InChI is InChI=1S/C16H25N/c1-5-17(14-10-11-16(3,4)12-14)15-9-7-6-8-13(15)2/h6-9,14H,5,10-12H2,1-4H3. The van der Waals surface area contributed by atoms with Crippen molar-refractivity contribution >= 4 is 5.69 Å². The van der Waals surface area contributed by atoms with Gasteiger partial charge in [0.05, 0.1) is 0 Å². The summed E-state index contributed by atoms with van der Waals surface area (Å²) in [5, 5.41) is 0. The minimum atomic E-state index is 0.529. The molecule has 0 N–H and O–H groups in total. The zero-order chi connectivity index (χ0) is 12.5. The quantitative estimate of drug-likeness (QED) is 0.745. The Morgan fingerprint density at radius 2 is 2.00 bits per heavy atom. The number of nitrogens with zero attached hydrogens (tertiary/aromatic N) is 1. The Hall–Kier alpha value is -0.980. The lowest BCUT2D eigenvalue weighted by molar-refractivity contribution is 0.373. The molecule has 1 nitrogen and oxygen atoms in total. The van der Waals surface area contributed by atoms with E-state index in [2.05, 4.69) is 56.9 Å². The van der Waals surface area contributed by atoms with Gasteiger partial charge in [0.2, 0.25) is 0 Å². The number of anilines is 1. The summed E-state index contributed by atoms with van der Waals surface area (Å²) < 4.78 is 0. The first-order valence-corrected chi connectivity index (χ1v) is 6.86. The lowest BCUT2D eigenvalue weighted by Gasteiger charge is -2.32. The summed E-state index contributed by atoms with van der Waals surface area (Å²) >= 11 is 0. The van der Waals surface area contributed by atoms with E-state index in [1.54, 1.807) is 0 Å². The van der Waals surface area contributed by atoms with E-state index in [1.165, 1.54) is 30.5 Å². The third-order valence-corrected chi connectivity index (χ3v) is 4.15. The van der Waals surface area contributed by atoms with Gasteiger partial charge in [0.25, 0.3) is 0 Å². The second kappa shape index (κ2) is 4.72. The van der Waals surface area contributed by atoms with Gasteiger partial charge in [0.1, 0.15) is 0 Å². The molecule has 1 aliphatic rings. The van der Waals surface area contributed by atoms with Crippen LogP contribution in [0.4, 0.5) is 5.69 Å². The van der Waals surface area contributed by atoms with Crippen LogP contribution in [-0.2, 0) is 0 Å². The first-order chi connectivity index (χ1) is 8.03. The van der Waals surface area contributed by atoms with E-state index in [-0.39, 0.29) is 0 Å². The zero-order valence-electron chi connectivity index (χ0n) is 11.7. The Balaban J connectivity index is 2.21. The number of para-hydroxylation sites is 1. The van der Waals surface area contributed by atoms with Crippen LogP contribution in [0.2, 0.25) is 0 Å². The van der Waals surface area contributed by atoms with Gasteiger partial charge in [-0.2, -0.15) is 0 Å². The number of hydrogen-bond donors (Lipinski definition) is 0. The van der Waals surface area contributed by atoms with Gasteiger partial charge in [-0.3, -0.25) is 0 Å². The molecule has 1 heteroatoms. The highest BCUT2D eigenvalue weighted by Crippen LogP contribution is 2.41. The molecule has 0 amide bonds. The van der Waals surface area contributed by atoms with Crippen LogP contribution in [-0.4, -0.2) is 12.6 Å². The fourth-order valence-electron chi connectivity index (χ4n) is 3.18. The van der Waals surface area contributed by atoms with Crippen molar-refractivity contribution in [2.45, 2.75) is 53.0 Å². The Labute approximate surface area is 106 Å². The van der Waals surface area contributed by atoms with Crippen LogP contribution < -0.4 is 4.90 Å². The van der Waals surface area contributed by atoms with Crippen LogP contribution in [0.5, 0.6) is 0 Å². The van der Waals surface area contributed by atoms with Crippen LogP contribution in [0.3, 0.4) is 0 Å². The molecule has 0 spiro atoms. The average Bonchev–Trinajstić information content (AvgIpc) is 2.63. The van der Waals surface area contributed by atoms with Crippen molar-refractivity contribution in [3.63, 3.8) is 0 Å². The van der Waals surface area contributed by atoms with E-state index in [9.17, 15) is 0 Å². The Morgan fingerprint density at radius 1 is 1.29 bits per heavy atom. The summed E-state index contributed by atoms with van der Waals surface area (Å²) in [6.07, 6.45) is 4.03. The molecule has 1 saturated carbocycles. The molecule has 1 atom stereocenters. The molecule has 17 heavy (non-hydrogen) atoms. The second-order valence-corrected chi connectivity index (χ2v) is 6.13. The molecule has 1 unspecified atom stereocenters. The van der Waals surface area contributed by atoms with Crippen molar-refractivity contribution in [1.29, 1.82) is 0 Å². The molecule has 0 saturated heterocycles. The van der Waals surface area contributed by atoms with E-state index >= 15 is 0 Å². The summed E-state index contributed by atoms with van der Waals surface area (Å²) in [5.74, 6) is 0. The van der Waals surface area contributed by atoms with Crippen LogP contribution in [0.25, 0.3) is 0 Å². The van der Waals surface area contributed by atoms with Gasteiger partial charge in [-0.05, 0) is 50.2 Å². The van der Waals surface area contributed by atoms with Crippen molar-refractivity contribution in [1.82, 2.24) is 0 Å². The Bertz CT molecular complexity index is 381. The molecular weight excluding hydrogens is 206 g/mol. The van der Waals surface area contributed by atoms with E-state index in [0.29, 0.717) is 5.41 Å². The zero-order valence-corrected chi connectivity index (χ0v) is 11.7. The number of aryl methyl sites for hydroxylation is 1. The molecule has 0 aliphatic heterocycles. The van der Waals surface area contributed by atoms with Crippen LogP contribution in [0, 0.1) is 12.3 Å². The first-order valence-electron chi connectivity index (χ1n) is 6.86. The predicted molar refractivity (Wildman–Crippen MR) is 75.6 cm³/mol. The maximum Gasteiger partial charge on any atom is 0.0398 e. The van der Waals surface area contributed by atoms with E-state index in [4.69, 9.17) is 0 Å². The minimum Gasteiger partial charge on any atom is -0.369 e. The van der Waals surface area contributed by atoms with Crippen molar-refractivity contribution in [3.8, 4) is 0 Å².